The fourth-order valence-electron chi connectivity index (χ4n) is 1.99. The smallest absolute Gasteiger partial charge is 0.339 e. The Hall–Kier alpha value is -0.710. The summed E-state index contributed by atoms with van der Waals surface area (Å²) in [4.78, 5) is 24.4. The number of rotatable bonds is 1. The molecule has 0 aromatic rings. The maximum atomic E-state index is 11.4. The third-order valence-electron chi connectivity index (χ3n) is 2.87. The highest BCUT2D eigenvalue weighted by Gasteiger charge is 2.58. The van der Waals surface area contributed by atoms with E-state index in [0.29, 0.717) is 6.42 Å². The molecule has 2 heterocycles. The number of methoxy groups -OCH3 is 1. The second kappa shape index (κ2) is 2.89. The van der Waals surface area contributed by atoms with Gasteiger partial charge in [0.15, 0.2) is 5.37 Å². The molecule has 0 N–H and O–H groups in total. The van der Waals surface area contributed by atoms with Gasteiger partial charge in [-0.2, -0.15) is 0 Å². The third-order valence-corrected chi connectivity index (χ3v) is 4.39. The van der Waals surface area contributed by atoms with Crippen LogP contribution in [0.5, 0.6) is 0 Å². The number of β-lactam (4-membered cyclic amide) rings is 1. The van der Waals surface area contributed by atoms with Crippen molar-refractivity contribution in [3.63, 3.8) is 0 Å². The first-order valence-corrected chi connectivity index (χ1v) is 5.42. The van der Waals surface area contributed by atoms with Crippen molar-refractivity contribution in [3.8, 4) is 0 Å². The number of hydrogen-bond acceptors (Lipinski definition) is 4. The average molecular weight is 215 g/mol. The molecular weight excluding hydrogens is 202 g/mol. The van der Waals surface area contributed by atoms with Crippen LogP contribution in [0.3, 0.4) is 0 Å². The van der Waals surface area contributed by atoms with Gasteiger partial charge in [-0.25, -0.2) is 4.79 Å². The molecule has 5 heteroatoms. The van der Waals surface area contributed by atoms with Crippen molar-refractivity contribution >= 4 is 23.6 Å². The summed E-state index contributed by atoms with van der Waals surface area (Å²) in [5.41, 5.74) is 0. The van der Waals surface area contributed by atoms with Gasteiger partial charge in [-0.05, 0) is 13.8 Å². The summed E-state index contributed by atoms with van der Waals surface area (Å²) < 4.78 is 4.64. The molecule has 14 heavy (non-hydrogen) atoms. The Bertz CT molecular complexity index is 302. The second-order valence-corrected chi connectivity index (χ2v) is 5.85. The minimum atomic E-state index is -0.429. The number of esters is 1. The Kier molecular flexibility index (Phi) is 2.03. The van der Waals surface area contributed by atoms with Gasteiger partial charge >= 0.3 is 5.97 Å². The lowest BCUT2D eigenvalue weighted by Gasteiger charge is -2.40. The Morgan fingerprint density at radius 3 is 2.79 bits per heavy atom. The SMILES string of the molecule is COC(=O)[C@@H]1SC(C)(C)[C@@H]2CC(=O)N21. The van der Waals surface area contributed by atoms with E-state index in [9.17, 15) is 9.59 Å². The van der Waals surface area contributed by atoms with Crippen molar-refractivity contribution in [1.29, 1.82) is 0 Å². The minimum Gasteiger partial charge on any atom is -0.467 e. The fraction of sp³-hybridized carbons (Fsp3) is 0.778. The summed E-state index contributed by atoms with van der Waals surface area (Å²) in [7, 11) is 1.35. The lowest BCUT2D eigenvalue weighted by atomic mass is 9.91. The topological polar surface area (TPSA) is 46.6 Å². The van der Waals surface area contributed by atoms with E-state index < -0.39 is 5.37 Å². The molecule has 0 aliphatic carbocycles. The Balaban J connectivity index is 2.21. The van der Waals surface area contributed by atoms with E-state index in [0.717, 1.165) is 0 Å². The van der Waals surface area contributed by atoms with Gasteiger partial charge in [0.1, 0.15) is 0 Å². The lowest BCUT2D eigenvalue weighted by Crippen LogP contribution is -2.58. The van der Waals surface area contributed by atoms with Crippen LogP contribution >= 0.6 is 11.8 Å². The van der Waals surface area contributed by atoms with Gasteiger partial charge in [0.05, 0.1) is 13.2 Å². The molecule has 0 aromatic heterocycles. The quantitative estimate of drug-likeness (QED) is 0.475. The molecule has 2 aliphatic rings. The zero-order valence-corrected chi connectivity index (χ0v) is 9.26. The van der Waals surface area contributed by atoms with Gasteiger partial charge in [0.25, 0.3) is 0 Å². The second-order valence-electron chi connectivity index (χ2n) is 4.12. The Labute approximate surface area is 87.0 Å². The van der Waals surface area contributed by atoms with Gasteiger partial charge in [-0.1, -0.05) is 0 Å². The first kappa shape index (κ1) is 9.83. The Morgan fingerprint density at radius 2 is 2.29 bits per heavy atom. The van der Waals surface area contributed by atoms with Crippen molar-refractivity contribution in [2.24, 2.45) is 0 Å². The van der Waals surface area contributed by atoms with Crippen molar-refractivity contribution in [2.45, 2.75) is 36.4 Å². The van der Waals surface area contributed by atoms with E-state index in [4.69, 9.17) is 0 Å². The summed E-state index contributed by atoms with van der Waals surface area (Å²) in [6.07, 6.45) is 0.563. The lowest BCUT2D eigenvalue weighted by molar-refractivity contribution is -0.157. The molecule has 2 rings (SSSR count). The molecule has 0 spiro atoms. The van der Waals surface area contributed by atoms with E-state index in [2.05, 4.69) is 18.6 Å². The normalized spacial score (nSPS) is 33.6. The van der Waals surface area contributed by atoms with Crippen LogP contribution in [0.4, 0.5) is 0 Å². The molecule has 0 radical (unpaired) electrons. The number of amides is 1. The zero-order chi connectivity index (χ0) is 10.5. The van der Waals surface area contributed by atoms with Gasteiger partial charge < -0.3 is 9.64 Å². The van der Waals surface area contributed by atoms with Crippen LogP contribution in [-0.2, 0) is 14.3 Å². The molecule has 2 aliphatic heterocycles. The summed E-state index contributed by atoms with van der Waals surface area (Å²) in [5, 5.41) is -0.429. The standard InChI is InChI=1S/C9H13NO3S/c1-9(2)5-4-6(11)10(5)7(14-9)8(12)13-3/h5,7H,4H2,1-3H3/t5-,7-/m0/s1. The molecule has 0 unspecified atom stereocenters. The van der Waals surface area contributed by atoms with Crippen LogP contribution in [0.1, 0.15) is 20.3 Å². The molecule has 1 amide bonds. The average Bonchev–Trinajstić information content (AvgIpc) is 2.31. The van der Waals surface area contributed by atoms with Crippen LogP contribution in [0.2, 0.25) is 0 Å². The van der Waals surface area contributed by atoms with E-state index in [-0.39, 0.29) is 22.7 Å². The first-order valence-electron chi connectivity index (χ1n) is 4.54. The predicted octanol–water partition coefficient (Wildman–Crippen LogP) is 0.612. The highest BCUT2D eigenvalue weighted by atomic mass is 32.2. The molecular formula is C9H13NO3S. The molecule has 2 atom stereocenters. The van der Waals surface area contributed by atoms with Crippen molar-refractivity contribution in [2.75, 3.05) is 7.11 Å². The highest BCUT2D eigenvalue weighted by molar-refractivity contribution is 8.02. The molecule has 2 fully saturated rings. The molecule has 0 saturated carbocycles. The number of carbonyl (C=O) groups excluding carboxylic acids is 2. The fourth-order valence-corrected chi connectivity index (χ4v) is 3.49. The molecule has 0 aromatic carbocycles. The predicted molar refractivity (Wildman–Crippen MR) is 52.7 cm³/mol. The first-order chi connectivity index (χ1) is 6.47. The van der Waals surface area contributed by atoms with Crippen molar-refractivity contribution in [3.05, 3.63) is 0 Å². The minimum absolute atomic E-state index is 0.0350. The molecule has 4 nitrogen and oxygen atoms in total. The van der Waals surface area contributed by atoms with Crippen LogP contribution in [0, 0.1) is 0 Å². The van der Waals surface area contributed by atoms with Gasteiger partial charge in [0.2, 0.25) is 5.91 Å². The number of fused-ring (bicyclic) bond motifs is 1. The maximum absolute atomic E-state index is 11.4. The van der Waals surface area contributed by atoms with Gasteiger partial charge in [-0.3, -0.25) is 4.79 Å². The Morgan fingerprint density at radius 1 is 1.64 bits per heavy atom. The van der Waals surface area contributed by atoms with Crippen molar-refractivity contribution < 1.29 is 14.3 Å². The number of carbonyl (C=O) groups is 2. The van der Waals surface area contributed by atoms with Crippen LogP contribution in [0.15, 0.2) is 0 Å². The molecule has 0 bridgehead atoms. The molecule has 2 saturated heterocycles. The monoisotopic (exact) mass is 215 g/mol. The maximum Gasteiger partial charge on any atom is 0.339 e. The number of hydrogen-bond donors (Lipinski definition) is 0. The van der Waals surface area contributed by atoms with E-state index in [1.807, 2.05) is 0 Å². The molecule has 78 valence electrons. The van der Waals surface area contributed by atoms with E-state index in [1.54, 1.807) is 4.90 Å². The van der Waals surface area contributed by atoms with Crippen LogP contribution < -0.4 is 0 Å². The summed E-state index contributed by atoms with van der Waals surface area (Å²) in [6, 6.07) is 0.198. The van der Waals surface area contributed by atoms with Crippen molar-refractivity contribution in [1.82, 2.24) is 4.90 Å². The van der Waals surface area contributed by atoms with Crippen LogP contribution in [-0.4, -0.2) is 40.0 Å². The number of thioether (sulfide) groups is 1. The summed E-state index contributed by atoms with van der Waals surface area (Å²) in [6.45, 7) is 4.12. The van der Waals surface area contributed by atoms with E-state index in [1.165, 1.54) is 18.9 Å². The van der Waals surface area contributed by atoms with E-state index >= 15 is 0 Å². The number of nitrogens with zero attached hydrogens (tertiary/aromatic N) is 1. The zero-order valence-electron chi connectivity index (χ0n) is 8.44. The van der Waals surface area contributed by atoms with Gasteiger partial charge in [0, 0.05) is 11.2 Å². The largest absolute Gasteiger partial charge is 0.467 e. The summed E-state index contributed by atoms with van der Waals surface area (Å²) in [5.74, 6) is -0.262. The summed E-state index contributed by atoms with van der Waals surface area (Å²) >= 11 is 1.51. The van der Waals surface area contributed by atoms with Gasteiger partial charge in [-0.15, -0.1) is 11.8 Å². The number of ether oxygens (including phenoxy) is 1. The third kappa shape index (κ3) is 1.15. The van der Waals surface area contributed by atoms with Crippen LogP contribution in [0.25, 0.3) is 0 Å². The highest BCUT2D eigenvalue weighted by Crippen LogP contribution is 2.50.